The van der Waals surface area contributed by atoms with Crippen molar-refractivity contribution >= 4 is 75.1 Å². The van der Waals surface area contributed by atoms with Gasteiger partial charge in [0.05, 0.1) is 27.8 Å². The summed E-state index contributed by atoms with van der Waals surface area (Å²) in [6.07, 6.45) is 0. The van der Waals surface area contributed by atoms with Gasteiger partial charge in [-0.25, -0.2) is 15.0 Å². The Morgan fingerprint density at radius 3 is 1.57 bits per heavy atom. The van der Waals surface area contributed by atoms with Gasteiger partial charge < -0.3 is 9.13 Å². The minimum absolute atomic E-state index is 0.625. The second-order valence-corrected chi connectivity index (χ2v) is 17.1. The Bertz CT molecular complexity index is 3920. The SMILES string of the molecule is c1ccc(-c2cccc(-c3nc(-c4ccc5sc6ccccc6c5c4)nc(-c4ccc5c(c4)c4ccccc4n5-c4cccc5c6ccccc6n(-c6ccccc6)c45)n3)c2)cc1. The van der Waals surface area contributed by atoms with Crippen molar-refractivity contribution in [2.24, 2.45) is 0 Å². The maximum absolute atomic E-state index is 5.28. The summed E-state index contributed by atoms with van der Waals surface area (Å²) in [4.78, 5) is 15.8. The van der Waals surface area contributed by atoms with E-state index in [9.17, 15) is 0 Å². The molecular weight excluding hydrogens is 787 g/mol. The van der Waals surface area contributed by atoms with E-state index in [0.717, 1.165) is 66.5 Å². The van der Waals surface area contributed by atoms with E-state index in [0.29, 0.717) is 17.5 Å². The Morgan fingerprint density at radius 1 is 0.302 bits per heavy atom. The number of aromatic nitrogens is 5. The maximum atomic E-state index is 5.28. The van der Waals surface area contributed by atoms with Crippen LogP contribution in [0, 0.1) is 0 Å². The highest BCUT2D eigenvalue weighted by Gasteiger charge is 2.21. The average Bonchev–Trinajstić information content (AvgIpc) is 4.02. The number of hydrogen-bond donors (Lipinski definition) is 0. The third kappa shape index (κ3) is 5.73. The predicted molar refractivity (Wildman–Crippen MR) is 263 cm³/mol. The molecule has 5 nitrogen and oxygen atoms in total. The van der Waals surface area contributed by atoms with Gasteiger partial charge in [0.2, 0.25) is 0 Å². The van der Waals surface area contributed by atoms with Crippen LogP contribution in [0.25, 0.3) is 120 Å². The fourth-order valence-electron chi connectivity index (χ4n) is 9.49. The predicted octanol–water partition coefficient (Wildman–Crippen LogP) is 15.1. The first-order valence-corrected chi connectivity index (χ1v) is 22.0. The molecule has 0 amide bonds. The normalized spacial score (nSPS) is 11.8. The third-order valence-corrected chi connectivity index (χ3v) is 13.5. The van der Waals surface area contributed by atoms with Crippen LogP contribution in [-0.4, -0.2) is 24.1 Å². The fraction of sp³-hybridized carbons (Fsp3) is 0. The van der Waals surface area contributed by atoms with Crippen molar-refractivity contribution in [1.82, 2.24) is 24.1 Å². The summed E-state index contributed by atoms with van der Waals surface area (Å²) >= 11 is 1.81. The first-order valence-electron chi connectivity index (χ1n) is 21.2. The van der Waals surface area contributed by atoms with Gasteiger partial charge >= 0.3 is 0 Å². The molecular formula is C57H35N5S. The molecule has 6 heteroatoms. The van der Waals surface area contributed by atoms with Gasteiger partial charge in [-0.15, -0.1) is 11.3 Å². The third-order valence-electron chi connectivity index (χ3n) is 12.4. The molecule has 9 aromatic carbocycles. The minimum atomic E-state index is 0.625. The highest BCUT2D eigenvalue weighted by atomic mass is 32.1. The molecule has 0 saturated heterocycles. The van der Waals surface area contributed by atoms with Crippen LogP contribution in [-0.2, 0) is 0 Å². The van der Waals surface area contributed by atoms with E-state index in [1.807, 2.05) is 17.4 Å². The molecule has 0 atom stereocenters. The zero-order valence-electron chi connectivity index (χ0n) is 33.9. The standard InChI is InChI=1S/C57H35N5S/c1-3-15-36(16-4-1)37-17-13-18-38(33-37)55-58-56(60-57(59-55)40-30-32-53-47(35-40)44-23-9-12-28-52(44)63-53)39-29-31-50-46(34-39)43-22-8-11-26-49(43)62(50)51-27-14-24-45-42-21-7-10-25-48(42)61(54(45)51)41-19-5-2-6-20-41/h1-35H. The number of rotatable bonds is 6. The highest BCUT2D eigenvalue weighted by molar-refractivity contribution is 7.25. The lowest BCUT2D eigenvalue weighted by atomic mass is 10.0. The average molecular weight is 822 g/mol. The van der Waals surface area contributed by atoms with Gasteiger partial charge in [0.15, 0.2) is 17.5 Å². The summed E-state index contributed by atoms with van der Waals surface area (Å²) in [5.41, 5.74) is 11.9. The number of thiophene rings is 1. The number of nitrogens with zero attached hydrogens (tertiary/aromatic N) is 5. The van der Waals surface area contributed by atoms with Crippen LogP contribution in [0.2, 0.25) is 0 Å². The van der Waals surface area contributed by atoms with Crippen molar-refractivity contribution in [3.63, 3.8) is 0 Å². The van der Waals surface area contributed by atoms with Crippen molar-refractivity contribution < 1.29 is 0 Å². The topological polar surface area (TPSA) is 48.5 Å². The second kappa shape index (κ2) is 14.2. The van der Waals surface area contributed by atoms with Crippen LogP contribution in [0.15, 0.2) is 212 Å². The maximum Gasteiger partial charge on any atom is 0.164 e. The fourth-order valence-corrected chi connectivity index (χ4v) is 10.6. The molecule has 13 aromatic rings. The zero-order valence-corrected chi connectivity index (χ0v) is 34.7. The lowest BCUT2D eigenvalue weighted by Gasteiger charge is -2.14. The lowest BCUT2D eigenvalue weighted by Crippen LogP contribution is -2.01. The van der Waals surface area contributed by atoms with Crippen molar-refractivity contribution in [3.8, 4) is 56.7 Å². The number of benzene rings is 9. The molecule has 4 aromatic heterocycles. The van der Waals surface area contributed by atoms with Crippen LogP contribution in [0.5, 0.6) is 0 Å². The monoisotopic (exact) mass is 821 g/mol. The van der Waals surface area contributed by atoms with Crippen molar-refractivity contribution in [3.05, 3.63) is 212 Å². The van der Waals surface area contributed by atoms with E-state index < -0.39 is 0 Å². The largest absolute Gasteiger partial charge is 0.307 e. The smallest absolute Gasteiger partial charge is 0.164 e. The van der Waals surface area contributed by atoms with E-state index in [-0.39, 0.29) is 0 Å². The van der Waals surface area contributed by atoms with Gasteiger partial charge in [-0.1, -0.05) is 133 Å². The summed E-state index contributed by atoms with van der Waals surface area (Å²) < 4.78 is 7.34. The van der Waals surface area contributed by atoms with E-state index in [2.05, 4.69) is 215 Å². The Hall–Kier alpha value is -8.19. The molecule has 0 aliphatic heterocycles. The molecule has 63 heavy (non-hydrogen) atoms. The van der Waals surface area contributed by atoms with Gasteiger partial charge in [0, 0.05) is 64.1 Å². The Labute approximate surface area is 366 Å². The summed E-state index contributed by atoms with van der Waals surface area (Å²) in [5, 5.41) is 7.18. The molecule has 0 bridgehead atoms. The van der Waals surface area contributed by atoms with Crippen LogP contribution in [0.1, 0.15) is 0 Å². The number of fused-ring (bicyclic) bond motifs is 9. The van der Waals surface area contributed by atoms with E-state index in [1.54, 1.807) is 0 Å². The quantitative estimate of drug-likeness (QED) is 0.168. The van der Waals surface area contributed by atoms with Crippen LogP contribution in [0.3, 0.4) is 0 Å². The van der Waals surface area contributed by atoms with Gasteiger partial charge in [-0.3, -0.25) is 0 Å². The summed E-state index contributed by atoms with van der Waals surface area (Å²) in [5.74, 6) is 1.90. The lowest BCUT2D eigenvalue weighted by molar-refractivity contribution is 1.07. The molecule has 0 aliphatic carbocycles. The Kier molecular flexibility index (Phi) is 8.01. The first-order chi connectivity index (χ1) is 31.2. The van der Waals surface area contributed by atoms with Gasteiger partial charge in [-0.2, -0.15) is 0 Å². The van der Waals surface area contributed by atoms with E-state index >= 15 is 0 Å². The van der Waals surface area contributed by atoms with Crippen molar-refractivity contribution in [2.75, 3.05) is 0 Å². The van der Waals surface area contributed by atoms with Crippen LogP contribution in [0.4, 0.5) is 0 Å². The molecule has 0 aliphatic rings. The van der Waals surface area contributed by atoms with Crippen LogP contribution >= 0.6 is 11.3 Å². The summed E-state index contributed by atoms with van der Waals surface area (Å²) in [6.45, 7) is 0. The number of hydrogen-bond acceptors (Lipinski definition) is 4. The minimum Gasteiger partial charge on any atom is -0.307 e. The zero-order chi connectivity index (χ0) is 41.4. The Morgan fingerprint density at radius 2 is 0.810 bits per heavy atom. The Balaban J connectivity index is 1.03. The molecule has 4 heterocycles. The molecule has 294 valence electrons. The molecule has 0 N–H and O–H groups in total. The van der Waals surface area contributed by atoms with Gasteiger partial charge in [0.1, 0.15) is 0 Å². The highest BCUT2D eigenvalue weighted by Crippen LogP contribution is 2.41. The van der Waals surface area contributed by atoms with Crippen LogP contribution < -0.4 is 0 Å². The van der Waals surface area contributed by atoms with Gasteiger partial charge in [-0.05, 0) is 90.0 Å². The van der Waals surface area contributed by atoms with Gasteiger partial charge in [0.25, 0.3) is 0 Å². The molecule has 0 unspecified atom stereocenters. The summed E-state index contributed by atoms with van der Waals surface area (Å²) in [7, 11) is 0. The first kappa shape index (κ1) is 35.6. The number of para-hydroxylation sites is 4. The van der Waals surface area contributed by atoms with E-state index in [4.69, 9.17) is 15.0 Å². The molecule has 0 radical (unpaired) electrons. The molecule has 13 rings (SSSR count). The molecule has 0 spiro atoms. The molecule has 0 fully saturated rings. The van der Waals surface area contributed by atoms with Crippen molar-refractivity contribution in [1.29, 1.82) is 0 Å². The second-order valence-electron chi connectivity index (χ2n) is 16.0. The summed E-state index contributed by atoms with van der Waals surface area (Å²) in [6, 6.07) is 75.6. The molecule has 0 saturated carbocycles. The van der Waals surface area contributed by atoms with Crippen molar-refractivity contribution in [2.45, 2.75) is 0 Å². The van der Waals surface area contributed by atoms with E-state index in [1.165, 1.54) is 36.5 Å².